The van der Waals surface area contributed by atoms with Gasteiger partial charge in [-0.15, -0.1) is 0 Å². The first kappa shape index (κ1) is 18.0. The summed E-state index contributed by atoms with van der Waals surface area (Å²) in [5.74, 6) is 2.51. The highest BCUT2D eigenvalue weighted by Gasteiger charge is 2.31. The summed E-state index contributed by atoms with van der Waals surface area (Å²) in [6.45, 7) is 20.4. The van der Waals surface area contributed by atoms with E-state index >= 15 is 0 Å². The topological polar surface area (TPSA) is 15.3 Å². The van der Waals surface area contributed by atoms with E-state index < -0.39 is 0 Å². The lowest BCUT2D eigenvalue weighted by Crippen LogP contribution is -2.42. The molecule has 0 aromatic carbocycles. The molecule has 0 aromatic rings. The van der Waals surface area contributed by atoms with Gasteiger partial charge in [-0.05, 0) is 49.1 Å². The summed E-state index contributed by atoms with van der Waals surface area (Å²) in [5.41, 5.74) is 0.440. The van der Waals surface area contributed by atoms with Gasteiger partial charge in [0.15, 0.2) is 0 Å². The Kier molecular flexibility index (Phi) is 7.53. The van der Waals surface area contributed by atoms with Gasteiger partial charge in [0.2, 0.25) is 0 Å². The first-order valence-electron chi connectivity index (χ1n) is 8.79. The number of likely N-dealkylation sites (tertiary alicyclic amines) is 1. The average molecular weight is 283 g/mol. The number of hydrogen-bond acceptors (Lipinski definition) is 2. The van der Waals surface area contributed by atoms with E-state index in [9.17, 15) is 0 Å². The summed E-state index contributed by atoms with van der Waals surface area (Å²) < 4.78 is 0. The van der Waals surface area contributed by atoms with Gasteiger partial charge in [0.25, 0.3) is 0 Å². The highest BCUT2D eigenvalue weighted by Crippen LogP contribution is 2.29. The molecule has 0 spiro atoms. The molecule has 2 unspecified atom stereocenters. The Morgan fingerprint density at radius 3 is 2.45 bits per heavy atom. The van der Waals surface area contributed by atoms with Gasteiger partial charge in [-0.3, -0.25) is 0 Å². The maximum absolute atomic E-state index is 3.69. The molecule has 0 aromatic heterocycles. The highest BCUT2D eigenvalue weighted by molar-refractivity contribution is 4.85. The lowest BCUT2D eigenvalue weighted by atomic mass is 9.84. The standard InChI is InChI=1S/C18H38N2/c1-7-9-18(6,13-19-11-15(2)3)14-20-10-8-17(12-20)16(4)5/h15-17,19H,7-14H2,1-6H3. The minimum absolute atomic E-state index is 0.440. The van der Waals surface area contributed by atoms with Gasteiger partial charge in [-0.1, -0.05) is 48.0 Å². The van der Waals surface area contributed by atoms with Crippen LogP contribution in [0.15, 0.2) is 0 Å². The minimum Gasteiger partial charge on any atom is -0.316 e. The lowest BCUT2D eigenvalue weighted by molar-refractivity contribution is 0.164. The number of hydrogen-bond donors (Lipinski definition) is 1. The van der Waals surface area contributed by atoms with Crippen molar-refractivity contribution in [3.05, 3.63) is 0 Å². The fourth-order valence-electron chi connectivity index (χ4n) is 3.58. The molecule has 0 saturated carbocycles. The van der Waals surface area contributed by atoms with E-state index in [1.165, 1.54) is 45.4 Å². The zero-order chi connectivity index (χ0) is 15.2. The largest absolute Gasteiger partial charge is 0.316 e. The fourth-order valence-corrected chi connectivity index (χ4v) is 3.58. The van der Waals surface area contributed by atoms with Crippen LogP contribution < -0.4 is 5.32 Å². The summed E-state index contributed by atoms with van der Waals surface area (Å²) in [4.78, 5) is 2.72. The predicted molar refractivity (Wildman–Crippen MR) is 90.1 cm³/mol. The Bertz CT molecular complexity index is 262. The van der Waals surface area contributed by atoms with Crippen LogP contribution >= 0.6 is 0 Å². The second-order valence-corrected chi connectivity index (χ2v) is 8.11. The van der Waals surface area contributed by atoms with Gasteiger partial charge in [-0.25, -0.2) is 0 Å². The van der Waals surface area contributed by atoms with Gasteiger partial charge < -0.3 is 10.2 Å². The van der Waals surface area contributed by atoms with E-state index in [0.717, 1.165) is 24.3 Å². The zero-order valence-corrected chi connectivity index (χ0v) is 14.8. The predicted octanol–water partition coefficient (Wildman–Crippen LogP) is 4.02. The van der Waals surface area contributed by atoms with Crippen molar-refractivity contribution >= 4 is 0 Å². The second-order valence-electron chi connectivity index (χ2n) is 8.11. The summed E-state index contributed by atoms with van der Waals surface area (Å²) in [6.07, 6.45) is 4.03. The van der Waals surface area contributed by atoms with Crippen molar-refractivity contribution in [2.24, 2.45) is 23.2 Å². The molecular weight excluding hydrogens is 244 g/mol. The summed E-state index contributed by atoms with van der Waals surface area (Å²) in [5, 5.41) is 3.69. The quantitative estimate of drug-likeness (QED) is 0.687. The van der Waals surface area contributed by atoms with Crippen molar-refractivity contribution in [2.75, 3.05) is 32.7 Å². The SMILES string of the molecule is CCCC(C)(CNCC(C)C)CN1CCC(C(C)C)C1. The van der Waals surface area contributed by atoms with Crippen molar-refractivity contribution in [3.63, 3.8) is 0 Å². The first-order valence-corrected chi connectivity index (χ1v) is 8.79. The first-order chi connectivity index (χ1) is 9.36. The van der Waals surface area contributed by atoms with E-state index in [0.29, 0.717) is 5.41 Å². The molecule has 1 heterocycles. The van der Waals surface area contributed by atoms with Crippen LogP contribution in [0, 0.1) is 23.2 Å². The Balaban J connectivity index is 2.45. The molecule has 1 aliphatic rings. The van der Waals surface area contributed by atoms with Crippen LogP contribution in [0.1, 0.15) is 60.8 Å². The Labute approximate surface area is 127 Å². The molecule has 2 nitrogen and oxygen atoms in total. The number of nitrogens with zero attached hydrogens (tertiary/aromatic N) is 1. The molecule has 120 valence electrons. The lowest BCUT2D eigenvalue weighted by Gasteiger charge is -2.34. The second kappa shape index (κ2) is 8.38. The van der Waals surface area contributed by atoms with Gasteiger partial charge >= 0.3 is 0 Å². The van der Waals surface area contributed by atoms with E-state index in [2.05, 4.69) is 51.8 Å². The number of nitrogens with one attached hydrogen (secondary N) is 1. The fraction of sp³-hybridized carbons (Fsp3) is 1.00. The Morgan fingerprint density at radius 1 is 1.25 bits per heavy atom. The molecular formula is C18H38N2. The van der Waals surface area contributed by atoms with E-state index in [4.69, 9.17) is 0 Å². The molecule has 0 aliphatic carbocycles. The molecule has 1 N–H and O–H groups in total. The van der Waals surface area contributed by atoms with Gasteiger partial charge in [0, 0.05) is 19.6 Å². The van der Waals surface area contributed by atoms with Gasteiger partial charge in [0.05, 0.1) is 0 Å². The third-order valence-electron chi connectivity index (χ3n) is 4.81. The van der Waals surface area contributed by atoms with Crippen molar-refractivity contribution in [1.29, 1.82) is 0 Å². The minimum atomic E-state index is 0.440. The molecule has 1 saturated heterocycles. The van der Waals surface area contributed by atoms with Crippen molar-refractivity contribution < 1.29 is 0 Å². The normalized spacial score (nSPS) is 23.7. The Morgan fingerprint density at radius 2 is 1.95 bits per heavy atom. The van der Waals surface area contributed by atoms with Crippen LogP contribution in [0.3, 0.4) is 0 Å². The Hall–Kier alpha value is -0.0800. The highest BCUT2D eigenvalue weighted by atomic mass is 15.2. The molecule has 20 heavy (non-hydrogen) atoms. The van der Waals surface area contributed by atoms with Crippen LogP contribution in [0.5, 0.6) is 0 Å². The van der Waals surface area contributed by atoms with E-state index in [1.807, 2.05) is 0 Å². The van der Waals surface area contributed by atoms with Crippen molar-refractivity contribution in [2.45, 2.75) is 60.8 Å². The van der Waals surface area contributed by atoms with Crippen LogP contribution in [-0.2, 0) is 0 Å². The van der Waals surface area contributed by atoms with Crippen LogP contribution in [-0.4, -0.2) is 37.6 Å². The zero-order valence-electron chi connectivity index (χ0n) is 14.8. The van der Waals surface area contributed by atoms with Crippen molar-refractivity contribution in [3.8, 4) is 0 Å². The molecule has 2 atom stereocenters. The van der Waals surface area contributed by atoms with E-state index in [-0.39, 0.29) is 0 Å². The third kappa shape index (κ3) is 6.13. The monoisotopic (exact) mass is 282 g/mol. The average Bonchev–Trinajstić information content (AvgIpc) is 2.77. The van der Waals surface area contributed by atoms with Gasteiger partial charge in [0.1, 0.15) is 0 Å². The molecule has 1 aliphatic heterocycles. The van der Waals surface area contributed by atoms with Crippen molar-refractivity contribution in [1.82, 2.24) is 10.2 Å². The summed E-state index contributed by atoms with van der Waals surface area (Å²) >= 11 is 0. The van der Waals surface area contributed by atoms with Crippen LogP contribution in [0.2, 0.25) is 0 Å². The summed E-state index contributed by atoms with van der Waals surface area (Å²) in [7, 11) is 0. The van der Waals surface area contributed by atoms with Gasteiger partial charge in [-0.2, -0.15) is 0 Å². The molecule has 1 rings (SSSR count). The molecule has 0 radical (unpaired) electrons. The van der Waals surface area contributed by atoms with E-state index in [1.54, 1.807) is 0 Å². The van der Waals surface area contributed by atoms with Crippen LogP contribution in [0.25, 0.3) is 0 Å². The molecule has 0 amide bonds. The van der Waals surface area contributed by atoms with Crippen LogP contribution in [0.4, 0.5) is 0 Å². The maximum Gasteiger partial charge on any atom is 0.00476 e. The molecule has 2 heteroatoms. The molecule has 1 fully saturated rings. The smallest absolute Gasteiger partial charge is 0.00476 e. The maximum atomic E-state index is 3.69. The number of rotatable bonds is 9. The molecule has 0 bridgehead atoms. The summed E-state index contributed by atoms with van der Waals surface area (Å²) in [6, 6.07) is 0. The third-order valence-corrected chi connectivity index (χ3v) is 4.81.